The van der Waals surface area contributed by atoms with Crippen LogP contribution in [0.1, 0.15) is 19.4 Å². The van der Waals surface area contributed by atoms with Crippen LogP contribution >= 0.6 is 34.7 Å². The van der Waals surface area contributed by atoms with E-state index in [1.54, 1.807) is 11.3 Å². The number of fused-ring (bicyclic) bond motifs is 1. The lowest BCUT2D eigenvalue weighted by molar-refractivity contribution is 1.11. The highest BCUT2D eigenvalue weighted by Gasteiger charge is 2.05. The minimum absolute atomic E-state index is 0.687. The molecule has 0 spiro atoms. The molecule has 1 aromatic carbocycles. The second-order valence-corrected chi connectivity index (χ2v) is 6.67. The normalized spacial score (nSPS) is 11.5. The Morgan fingerprint density at radius 3 is 2.93 bits per heavy atom. The van der Waals surface area contributed by atoms with E-state index in [1.165, 1.54) is 15.6 Å². The molecule has 0 aliphatic heterocycles. The van der Waals surface area contributed by atoms with Gasteiger partial charge in [0.25, 0.3) is 0 Å². The van der Waals surface area contributed by atoms with E-state index in [0.717, 1.165) is 10.8 Å². The van der Waals surface area contributed by atoms with E-state index in [4.69, 9.17) is 11.6 Å². The Morgan fingerprint density at radius 1 is 1.40 bits per heavy atom. The number of hydrogen-bond donors (Lipinski definition) is 0. The third-order valence-electron chi connectivity index (χ3n) is 2.19. The van der Waals surface area contributed by atoms with Crippen molar-refractivity contribution in [2.24, 2.45) is 0 Å². The van der Waals surface area contributed by atoms with Crippen LogP contribution in [0.5, 0.6) is 0 Å². The molecule has 0 atom stereocenters. The first-order valence-corrected chi connectivity index (χ1v) is 7.24. The summed E-state index contributed by atoms with van der Waals surface area (Å²) in [5.74, 6) is 1.10. The topological polar surface area (TPSA) is 0 Å². The van der Waals surface area contributed by atoms with E-state index in [1.807, 2.05) is 23.9 Å². The van der Waals surface area contributed by atoms with Crippen LogP contribution in [0.4, 0.5) is 0 Å². The third-order valence-corrected chi connectivity index (χ3v) is 4.56. The van der Waals surface area contributed by atoms with Crippen LogP contribution in [-0.4, -0.2) is 5.25 Å². The summed E-state index contributed by atoms with van der Waals surface area (Å²) < 4.78 is 1.29. The Morgan fingerprint density at radius 2 is 2.20 bits per heavy atom. The molecule has 0 saturated heterocycles. The first kappa shape index (κ1) is 11.3. The number of benzene rings is 1. The molecule has 2 aromatic rings. The predicted octanol–water partition coefficient (Wildman–Crippen LogP) is 5.20. The largest absolute Gasteiger partial charge is 0.154 e. The van der Waals surface area contributed by atoms with Gasteiger partial charge in [-0.2, -0.15) is 11.8 Å². The average molecular weight is 257 g/mol. The maximum absolute atomic E-state index is 5.96. The van der Waals surface area contributed by atoms with Crippen molar-refractivity contribution in [3.05, 3.63) is 34.2 Å². The van der Waals surface area contributed by atoms with E-state index in [9.17, 15) is 0 Å². The monoisotopic (exact) mass is 256 g/mol. The van der Waals surface area contributed by atoms with Crippen LogP contribution in [0.2, 0.25) is 5.02 Å². The molecule has 0 aliphatic carbocycles. The molecule has 1 heterocycles. The van der Waals surface area contributed by atoms with Crippen LogP contribution in [0.25, 0.3) is 10.1 Å². The minimum Gasteiger partial charge on any atom is -0.154 e. The highest BCUT2D eigenvalue weighted by atomic mass is 35.5. The molecule has 0 N–H and O–H groups in total. The van der Waals surface area contributed by atoms with Crippen LogP contribution < -0.4 is 0 Å². The molecular weight excluding hydrogens is 244 g/mol. The van der Waals surface area contributed by atoms with Crippen LogP contribution in [-0.2, 0) is 5.75 Å². The lowest BCUT2D eigenvalue weighted by Gasteiger charge is -2.03. The van der Waals surface area contributed by atoms with Gasteiger partial charge < -0.3 is 0 Å². The second kappa shape index (κ2) is 4.77. The second-order valence-electron chi connectivity index (χ2n) is 3.76. The van der Waals surface area contributed by atoms with E-state index < -0.39 is 0 Å². The van der Waals surface area contributed by atoms with E-state index >= 15 is 0 Å². The molecule has 0 saturated carbocycles. The highest BCUT2D eigenvalue weighted by Crippen LogP contribution is 2.31. The van der Waals surface area contributed by atoms with Gasteiger partial charge in [-0.05, 0) is 33.7 Å². The molecule has 15 heavy (non-hydrogen) atoms. The molecule has 0 aliphatic rings. The van der Waals surface area contributed by atoms with E-state index in [-0.39, 0.29) is 0 Å². The predicted molar refractivity (Wildman–Crippen MR) is 73.3 cm³/mol. The number of thioether (sulfide) groups is 1. The summed E-state index contributed by atoms with van der Waals surface area (Å²) in [6, 6.07) is 6.15. The van der Waals surface area contributed by atoms with Crippen LogP contribution in [0, 0.1) is 0 Å². The van der Waals surface area contributed by atoms with Crippen molar-refractivity contribution in [3.63, 3.8) is 0 Å². The zero-order valence-electron chi connectivity index (χ0n) is 8.79. The van der Waals surface area contributed by atoms with Gasteiger partial charge >= 0.3 is 0 Å². The smallest absolute Gasteiger partial charge is 0.0420 e. The molecule has 3 heteroatoms. The summed E-state index contributed by atoms with van der Waals surface area (Å²) in [5, 5.41) is 5.12. The highest BCUT2D eigenvalue weighted by molar-refractivity contribution is 7.99. The van der Waals surface area contributed by atoms with Crippen molar-refractivity contribution >= 4 is 44.8 Å². The summed E-state index contributed by atoms with van der Waals surface area (Å²) in [5.41, 5.74) is 1.44. The Kier molecular flexibility index (Phi) is 3.60. The van der Waals surface area contributed by atoms with Crippen molar-refractivity contribution in [2.75, 3.05) is 0 Å². The van der Waals surface area contributed by atoms with Crippen molar-refractivity contribution in [3.8, 4) is 0 Å². The van der Waals surface area contributed by atoms with Gasteiger partial charge in [0.1, 0.15) is 0 Å². The minimum atomic E-state index is 0.687. The molecule has 0 unspecified atom stereocenters. The molecule has 0 bridgehead atoms. The molecular formula is C12H13ClS2. The summed E-state index contributed by atoms with van der Waals surface area (Å²) in [4.78, 5) is 0. The first-order chi connectivity index (χ1) is 7.16. The van der Waals surface area contributed by atoms with Crippen molar-refractivity contribution < 1.29 is 0 Å². The molecule has 80 valence electrons. The fourth-order valence-electron chi connectivity index (χ4n) is 1.43. The fourth-order valence-corrected chi connectivity index (χ4v) is 3.52. The number of hydrogen-bond acceptors (Lipinski definition) is 2. The zero-order valence-corrected chi connectivity index (χ0v) is 11.2. The number of thiophene rings is 1. The first-order valence-electron chi connectivity index (χ1n) is 4.94. The van der Waals surface area contributed by atoms with E-state index in [2.05, 4.69) is 25.3 Å². The maximum atomic E-state index is 5.96. The molecule has 0 radical (unpaired) electrons. The summed E-state index contributed by atoms with van der Waals surface area (Å²) in [6.07, 6.45) is 0. The molecule has 2 rings (SSSR count). The standard InChI is InChI=1S/C12H13ClS2/c1-8(2)14-6-9-7-15-12-5-10(13)3-4-11(9)12/h3-5,7-8H,6H2,1-2H3. The lowest BCUT2D eigenvalue weighted by atomic mass is 10.2. The van der Waals surface area contributed by atoms with Crippen molar-refractivity contribution in [1.29, 1.82) is 0 Å². The van der Waals surface area contributed by atoms with Crippen LogP contribution in [0.15, 0.2) is 23.6 Å². The zero-order chi connectivity index (χ0) is 10.8. The van der Waals surface area contributed by atoms with Crippen LogP contribution in [0.3, 0.4) is 0 Å². The third kappa shape index (κ3) is 2.68. The lowest BCUT2D eigenvalue weighted by Crippen LogP contribution is -1.87. The molecule has 1 aromatic heterocycles. The number of halogens is 1. The van der Waals surface area contributed by atoms with E-state index in [0.29, 0.717) is 5.25 Å². The Bertz CT molecular complexity index is 460. The Balaban J connectivity index is 2.29. The van der Waals surface area contributed by atoms with Gasteiger partial charge in [0.2, 0.25) is 0 Å². The molecule has 0 nitrogen and oxygen atoms in total. The Hall–Kier alpha value is -0.180. The molecule has 0 fully saturated rings. The van der Waals surface area contributed by atoms with Gasteiger partial charge in [-0.25, -0.2) is 0 Å². The SMILES string of the molecule is CC(C)SCc1csc2cc(Cl)ccc12. The van der Waals surface area contributed by atoms with Gasteiger partial charge in [-0.15, -0.1) is 11.3 Å². The van der Waals surface area contributed by atoms with Crippen molar-refractivity contribution in [2.45, 2.75) is 24.9 Å². The molecule has 0 amide bonds. The summed E-state index contributed by atoms with van der Waals surface area (Å²) >= 11 is 9.72. The quantitative estimate of drug-likeness (QED) is 0.728. The fraction of sp³-hybridized carbons (Fsp3) is 0.333. The van der Waals surface area contributed by atoms with Gasteiger partial charge in [-0.3, -0.25) is 0 Å². The summed E-state index contributed by atoms with van der Waals surface area (Å²) in [7, 11) is 0. The maximum Gasteiger partial charge on any atom is 0.0420 e. The average Bonchev–Trinajstić information content (AvgIpc) is 2.57. The van der Waals surface area contributed by atoms with Gasteiger partial charge in [-0.1, -0.05) is 31.5 Å². The summed E-state index contributed by atoms with van der Waals surface area (Å²) in [6.45, 7) is 4.46. The Labute approximate surface area is 104 Å². The number of rotatable bonds is 3. The van der Waals surface area contributed by atoms with Gasteiger partial charge in [0.05, 0.1) is 0 Å². The van der Waals surface area contributed by atoms with Crippen molar-refractivity contribution in [1.82, 2.24) is 0 Å². The van der Waals surface area contributed by atoms with Gasteiger partial charge in [0, 0.05) is 15.5 Å². The van der Waals surface area contributed by atoms with Gasteiger partial charge in [0.15, 0.2) is 0 Å².